The number of guanidine groups is 1. The summed E-state index contributed by atoms with van der Waals surface area (Å²) < 4.78 is 5.16. The maximum Gasteiger partial charge on any atom is 0.328 e. The molecule has 0 aliphatic heterocycles. The van der Waals surface area contributed by atoms with Gasteiger partial charge >= 0.3 is 5.97 Å². The minimum absolute atomic E-state index is 0.00477. The number of carbonyl (C=O) groups is 1. The van der Waals surface area contributed by atoms with Crippen molar-refractivity contribution in [2.24, 2.45) is 22.2 Å². The van der Waals surface area contributed by atoms with Gasteiger partial charge in [0.2, 0.25) is 0 Å². The van der Waals surface area contributed by atoms with E-state index in [1.165, 1.54) is 0 Å². The number of aliphatic imine (C=N–C) groups is 1. The Bertz CT molecular complexity index is 571. The van der Waals surface area contributed by atoms with Crippen LogP contribution in [0.3, 0.4) is 0 Å². The molecule has 132 valence electrons. The van der Waals surface area contributed by atoms with Crippen LogP contribution in [-0.2, 0) is 16.1 Å². The van der Waals surface area contributed by atoms with E-state index in [2.05, 4.69) is 9.83 Å². The Balaban J connectivity index is 2.37. The second-order valence-electron chi connectivity index (χ2n) is 4.93. The molecule has 6 N–H and O–H groups in total. The van der Waals surface area contributed by atoms with E-state index in [4.69, 9.17) is 21.9 Å². The zero-order chi connectivity index (χ0) is 17.9. The minimum Gasteiger partial charge on any atom is -0.425 e. The first-order valence-corrected chi connectivity index (χ1v) is 7.27. The molecule has 0 saturated heterocycles. The highest BCUT2D eigenvalue weighted by molar-refractivity contribution is 5.78. The van der Waals surface area contributed by atoms with E-state index < -0.39 is 17.1 Å². The van der Waals surface area contributed by atoms with Gasteiger partial charge in [0.15, 0.2) is 5.96 Å². The normalized spacial score (nSPS) is 11.4. The fourth-order valence-electron chi connectivity index (χ4n) is 1.79. The predicted octanol–water partition coefficient (Wildman–Crippen LogP) is -0.276. The fraction of sp³-hybridized carbons (Fsp3) is 0.429. The van der Waals surface area contributed by atoms with Crippen molar-refractivity contribution in [3.05, 3.63) is 39.9 Å². The van der Waals surface area contributed by atoms with Crippen LogP contribution < -0.4 is 21.9 Å². The molecule has 0 amide bonds. The largest absolute Gasteiger partial charge is 0.425 e. The van der Waals surface area contributed by atoms with Crippen LogP contribution >= 0.6 is 0 Å². The number of ether oxygens (including phenoxy) is 1. The molecule has 1 aromatic carbocycles. The van der Waals surface area contributed by atoms with Crippen molar-refractivity contribution in [2.75, 3.05) is 13.2 Å². The maximum absolute atomic E-state index is 11.8. The third-order valence-corrected chi connectivity index (χ3v) is 3.00. The van der Waals surface area contributed by atoms with Gasteiger partial charge in [0.1, 0.15) is 18.4 Å². The Kier molecular flexibility index (Phi) is 7.99. The molecule has 10 nitrogen and oxygen atoms in total. The number of rotatable bonds is 10. The van der Waals surface area contributed by atoms with Gasteiger partial charge in [-0.1, -0.05) is 12.1 Å². The average Bonchev–Trinajstić information content (AvgIpc) is 2.52. The van der Waals surface area contributed by atoms with E-state index in [0.29, 0.717) is 31.6 Å². The van der Waals surface area contributed by atoms with Crippen LogP contribution in [-0.4, -0.2) is 36.2 Å². The van der Waals surface area contributed by atoms with Gasteiger partial charge in [-0.3, -0.25) is 4.99 Å². The smallest absolute Gasteiger partial charge is 0.328 e. The summed E-state index contributed by atoms with van der Waals surface area (Å²) in [7, 11) is 0. The first kappa shape index (κ1) is 19.2. The van der Waals surface area contributed by atoms with E-state index in [1.54, 1.807) is 24.3 Å². The highest BCUT2D eigenvalue weighted by Crippen LogP contribution is 2.14. The van der Waals surface area contributed by atoms with E-state index in [1.807, 2.05) is 0 Å². The lowest BCUT2D eigenvalue weighted by Gasteiger charge is -2.11. The van der Waals surface area contributed by atoms with Gasteiger partial charge in [-0.15, -0.1) is 10.1 Å². The molecule has 0 heterocycles. The average molecular weight is 339 g/mol. The highest BCUT2D eigenvalue weighted by Gasteiger charge is 2.15. The predicted molar refractivity (Wildman–Crippen MR) is 86.6 cm³/mol. The van der Waals surface area contributed by atoms with Gasteiger partial charge in [-0.25, -0.2) is 4.79 Å². The van der Waals surface area contributed by atoms with Crippen LogP contribution in [0.1, 0.15) is 18.4 Å². The van der Waals surface area contributed by atoms with Gasteiger partial charge in [-0.2, -0.15) is 0 Å². The van der Waals surface area contributed by atoms with E-state index >= 15 is 0 Å². The summed E-state index contributed by atoms with van der Waals surface area (Å²) in [5.74, 6) is -0.211. The van der Waals surface area contributed by atoms with Crippen LogP contribution in [0.4, 0.5) is 0 Å². The van der Waals surface area contributed by atoms with Crippen molar-refractivity contribution in [3.63, 3.8) is 0 Å². The molecule has 0 spiro atoms. The molecule has 0 aromatic heterocycles. The number of hydrogen-bond donors (Lipinski definition) is 3. The van der Waals surface area contributed by atoms with Gasteiger partial charge in [0, 0.05) is 6.54 Å². The zero-order valence-corrected chi connectivity index (χ0v) is 13.1. The molecular weight excluding hydrogens is 318 g/mol. The maximum atomic E-state index is 11.8. The minimum atomic E-state index is -0.843. The third-order valence-electron chi connectivity index (χ3n) is 3.00. The number of esters is 1. The van der Waals surface area contributed by atoms with E-state index in [-0.39, 0.29) is 12.6 Å². The van der Waals surface area contributed by atoms with E-state index in [0.717, 1.165) is 5.56 Å². The number of hydrogen-bond acceptors (Lipinski definition) is 7. The molecule has 0 bridgehead atoms. The Hall–Kier alpha value is -2.88. The first-order valence-electron chi connectivity index (χ1n) is 7.27. The lowest BCUT2D eigenvalue weighted by Crippen LogP contribution is -2.34. The monoisotopic (exact) mass is 339 g/mol. The second-order valence-corrected chi connectivity index (χ2v) is 4.93. The fourth-order valence-corrected chi connectivity index (χ4v) is 1.79. The van der Waals surface area contributed by atoms with Crippen LogP contribution in [0.2, 0.25) is 0 Å². The van der Waals surface area contributed by atoms with E-state index in [9.17, 15) is 14.9 Å². The van der Waals surface area contributed by atoms with Gasteiger partial charge < -0.3 is 26.8 Å². The molecule has 1 aromatic rings. The molecule has 0 radical (unpaired) electrons. The van der Waals surface area contributed by atoms with Crippen molar-refractivity contribution >= 4 is 11.9 Å². The molecule has 1 unspecified atom stereocenters. The van der Waals surface area contributed by atoms with Crippen LogP contribution in [0, 0.1) is 10.1 Å². The summed E-state index contributed by atoms with van der Waals surface area (Å²) in [6, 6.07) is 5.79. The molecule has 0 saturated carbocycles. The van der Waals surface area contributed by atoms with Crippen LogP contribution in [0.25, 0.3) is 0 Å². The standard InChI is InChI=1S/C14H21N5O5/c15-12(2-1-8-18-14(16)17)13(20)24-11-5-3-10(4-6-11)7-9-23-19(21)22/h3-6,12H,1-2,7-9,15H2,(H4,16,17,18). The summed E-state index contributed by atoms with van der Waals surface area (Å²) in [6.45, 7) is 0.358. The van der Waals surface area contributed by atoms with Crippen LogP contribution in [0.15, 0.2) is 29.3 Å². The van der Waals surface area contributed by atoms with Crippen molar-refractivity contribution in [1.29, 1.82) is 0 Å². The van der Waals surface area contributed by atoms with Crippen molar-refractivity contribution < 1.29 is 19.5 Å². The topological polar surface area (TPSA) is 169 Å². The Labute approximate surface area is 138 Å². The molecule has 0 aliphatic carbocycles. The molecule has 0 aliphatic rings. The lowest BCUT2D eigenvalue weighted by atomic mass is 10.1. The first-order chi connectivity index (χ1) is 11.4. The van der Waals surface area contributed by atoms with Crippen molar-refractivity contribution in [1.82, 2.24) is 0 Å². The molecule has 0 fully saturated rings. The Morgan fingerprint density at radius 3 is 2.54 bits per heavy atom. The van der Waals surface area contributed by atoms with Gasteiger partial charge in [0.05, 0.1) is 0 Å². The summed E-state index contributed by atoms with van der Waals surface area (Å²) in [6.07, 6.45) is 1.33. The molecule has 1 rings (SSSR count). The van der Waals surface area contributed by atoms with Crippen LogP contribution in [0.5, 0.6) is 5.75 Å². The third kappa shape index (κ3) is 7.94. The summed E-state index contributed by atoms with van der Waals surface area (Å²) in [4.78, 5) is 29.9. The van der Waals surface area contributed by atoms with Gasteiger partial charge in [0.25, 0.3) is 5.09 Å². The van der Waals surface area contributed by atoms with Gasteiger partial charge in [-0.05, 0) is 37.0 Å². The number of carbonyl (C=O) groups excluding carboxylic acids is 1. The van der Waals surface area contributed by atoms with Crippen molar-refractivity contribution in [3.8, 4) is 5.75 Å². The second kappa shape index (κ2) is 10.0. The van der Waals surface area contributed by atoms with Crippen molar-refractivity contribution in [2.45, 2.75) is 25.3 Å². The molecule has 10 heteroatoms. The summed E-state index contributed by atoms with van der Waals surface area (Å²) in [5.41, 5.74) is 16.9. The number of benzene rings is 1. The SMILES string of the molecule is NC(N)=NCCCC(N)C(=O)Oc1ccc(CCO[N+](=O)[O-])cc1. The molecular formula is C14H21N5O5. The number of nitrogens with two attached hydrogens (primary N) is 3. The highest BCUT2D eigenvalue weighted by atomic mass is 16.9. The Morgan fingerprint density at radius 2 is 1.96 bits per heavy atom. The quantitative estimate of drug-likeness (QED) is 0.0994. The summed E-state index contributed by atoms with van der Waals surface area (Å²) in [5, 5.41) is 9.21. The number of nitrogens with zero attached hydrogens (tertiary/aromatic N) is 2. The summed E-state index contributed by atoms with van der Waals surface area (Å²) >= 11 is 0. The molecule has 1 atom stereocenters. The zero-order valence-electron chi connectivity index (χ0n) is 13.1. The lowest BCUT2D eigenvalue weighted by molar-refractivity contribution is -0.757. The Morgan fingerprint density at radius 1 is 1.29 bits per heavy atom. The molecule has 24 heavy (non-hydrogen) atoms.